The lowest BCUT2D eigenvalue weighted by Crippen LogP contribution is -2.16. The van der Waals surface area contributed by atoms with E-state index in [1.165, 1.54) is 0 Å². The molecule has 0 unspecified atom stereocenters. The maximum Gasteiger partial charge on any atom is 0.305 e. The highest BCUT2D eigenvalue weighted by atomic mass is 16.6. The van der Waals surface area contributed by atoms with E-state index < -0.39 is 0 Å². The smallest absolute Gasteiger partial charge is 0.305 e. The molecule has 0 saturated carbocycles. The second-order valence-corrected chi connectivity index (χ2v) is 10.1. The van der Waals surface area contributed by atoms with Crippen LogP contribution in [0, 0.1) is 0 Å². The molecule has 0 aromatic rings. The monoisotopic (exact) mass is 656 g/mol. The zero-order valence-electron chi connectivity index (χ0n) is 28.5. The summed E-state index contributed by atoms with van der Waals surface area (Å²) in [5.41, 5.74) is 0. The van der Waals surface area contributed by atoms with Gasteiger partial charge in [-0.3, -0.25) is 4.79 Å². The summed E-state index contributed by atoms with van der Waals surface area (Å²) < 4.78 is 65.0. The molecule has 0 bridgehead atoms. The normalized spacial score (nSPS) is 11.6. The molecule has 0 atom stereocenters. The predicted octanol–water partition coefficient (Wildman–Crippen LogP) is 3.09. The third-order valence-corrected chi connectivity index (χ3v) is 5.75. The van der Waals surface area contributed by atoms with E-state index in [9.17, 15) is 4.79 Å². The van der Waals surface area contributed by atoms with E-state index in [-0.39, 0.29) is 18.7 Å². The molecule has 0 N–H and O–H groups in total. The van der Waals surface area contributed by atoms with E-state index in [1.54, 1.807) is 0 Å². The van der Waals surface area contributed by atoms with Crippen molar-refractivity contribution in [2.75, 3.05) is 145 Å². The van der Waals surface area contributed by atoms with Gasteiger partial charge in [-0.2, -0.15) is 0 Å². The first-order valence-electron chi connectivity index (χ1n) is 16.7. The summed E-state index contributed by atoms with van der Waals surface area (Å²) in [6, 6.07) is 0. The summed E-state index contributed by atoms with van der Waals surface area (Å²) in [7, 11) is 0. The predicted molar refractivity (Wildman–Crippen MR) is 169 cm³/mol. The molecule has 0 rings (SSSR count). The molecular weight excluding hydrogens is 592 g/mol. The fourth-order valence-corrected chi connectivity index (χ4v) is 3.41. The standard InChI is InChI=1S/C32H64O13/c1-4-5-6-7-8-32(33)45-30-28-43-26-24-41-22-20-39-18-16-37-14-12-35-10-9-34-11-13-36-15-17-38-19-21-40-23-25-42-27-29-44-31(2)3/h31H,4-30H2,1-3H3. The van der Waals surface area contributed by atoms with Gasteiger partial charge in [-0.1, -0.05) is 26.2 Å². The number of carbonyl (C=O) groups excluding carboxylic acids is 1. The summed E-state index contributed by atoms with van der Waals surface area (Å²) >= 11 is 0. The highest BCUT2D eigenvalue weighted by Gasteiger charge is 2.02. The summed E-state index contributed by atoms with van der Waals surface area (Å²) in [6.07, 6.45) is 4.99. The zero-order chi connectivity index (χ0) is 32.7. The quantitative estimate of drug-likeness (QED) is 0.0711. The molecular formula is C32H64O13. The molecule has 0 aromatic carbocycles. The highest BCUT2D eigenvalue weighted by Crippen LogP contribution is 2.03. The van der Waals surface area contributed by atoms with Gasteiger partial charge >= 0.3 is 5.97 Å². The van der Waals surface area contributed by atoms with Gasteiger partial charge in [-0.05, 0) is 20.3 Å². The zero-order valence-corrected chi connectivity index (χ0v) is 28.5. The number of ether oxygens (including phenoxy) is 12. The van der Waals surface area contributed by atoms with Crippen LogP contribution < -0.4 is 0 Å². The molecule has 0 aliphatic carbocycles. The Morgan fingerprint density at radius 1 is 0.400 bits per heavy atom. The van der Waals surface area contributed by atoms with Gasteiger partial charge in [0.1, 0.15) is 6.61 Å². The molecule has 0 radical (unpaired) electrons. The van der Waals surface area contributed by atoms with Crippen LogP contribution in [-0.2, 0) is 61.6 Å². The first kappa shape index (κ1) is 44.0. The summed E-state index contributed by atoms with van der Waals surface area (Å²) in [5.74, 6) is -0.152. The van der Waals surface area contributed by atoms with E-state index in [1.807, 2.05) is 13.8 Å². The van der Waals surface area contributed by atoms with Crippen molar-refractivity contribution in [2.45, 2.75) is 59.0 Å². The Hall–Kier alpha value is -0.970. The van der Waals surface area contributed by atoms with E-state index in [0.717, 1.165) is 25.7 Å². The SMILES string of the molecule is CCCCCCC(=O)OCCOCCOCCOCCOCCOCCOCCOCCOCCOCCOCCOC(C)C. The van der Waals surface area contributed by atoms with Gasteiger partial charge in [0.2, 0.25) is 0 Å². The molecule has 0 aliphatic heterocycles. The number of rotatable bonds is 39. The first-order valence-corrected chi connectivity index (χ1v) is 16.7. The molecule has 0 aromatic heterocycles. The lowest BCUT2D eigenvalue weighted by Gasteiger charge is -2.09. The summed E-state index contributed by atoms with van der Waals surface area (Å²) in [6.45, 7) is 17.1. The van der Waals surface area contributed by atoms with Gasteiger partial charge < -0.3 is 56.8 Å². The van der Waals surface area contributed by atoms with Gasteiger partial charge in [-0.25, -0.2) is 0 Å². The third-order valence-electron chi connectivity index (χ3n) is 5.75. The molecule has 0 aliphatic rings. The number of hydrogen-bond donors (Lipinski definition) is 0. The van der Waals surface area contributed by atoms with Crippen LogP contribution in [0.1, 0.15) is 52.9 Å². The van der Waals surface area contributed by atoms with Crippen molar-refractivity contribution in [2.24, 2.45) is 0 Å². The highest BCUT2D eigenvalue weighted by molar-refractivity contribution is 5.69. The van der Waals surface area contributed by atoms with E-state index in [0.29, 0.717) is 145 Å². The van der Waals surface area contributed by atoms with Crippen LogP contribution in [0.5, 0.6) is 0 Å². The van der Waals surface area contributed by atoms with Crippen molar-refractivity contribution < 1.29 is 61.6 Å². The number of carbonyl (C=O) groups is 1. The van der Waals surface area contributed by atoms with Crippen LogP contribution in [0.2, 0.25) is 0 Å². The molecule has 0 heterocycles. The van der Waals surface area contributed by atoms with Crippen LogP contribution >= 0.6 is 0 Å². The van der Waals surface area contributed by atoms with E-state index in [4.69, 9.17) is 56.8 Å². The van der Waals surface area contributed by atoms with Gasteiger partial charge in [0, 0.05) is 6.42 Å². The topological polar surface area (TPSA) is 128 Å². The molecule has 13 heteroatoms. The van der Waals surface area contributed by atoms with Crippen LogP contribution in [0.25, 0.3) is 0 Å². The van der Waals surface area contributed by atoms with E-state index in [2.05, 4.69) is 6.92 Å². The Bertz CT molecular complexity index is 569. The van der Waals surface area contributed by atoms with Crippen molar-refractivity contribution >= 4 is 5.97 Å². The minimum atomic E-state index is -0.152. The number of hydrogen-bond acceptors (Lipinski definition) is 13. The maximum absolute atomic E-state index is 11.5. The third kappa shape index (κ3) is 41.0. The first-order chi connectivity index (χ1) is 22.2. The van der Waals surface area contributed by atoms with Crippen molar-refractivity contribution in [1.82, 2.24) is 0 Å². The Morgan fingerprint density at radius 3 is 0.978 bits per heavy atom. The lowest BCUT2D eigenvalue weighted by molar-refractivity contribution is -0.145. The van der Waals surface area contributed by atoms with Crippen molar-refractivity contribution in [3.8, 4) is 0 Å². The average molecular weight is 657 g/mol. The minimum absolute atomic E-state index is 0.152. The molecule has 13 nitrogen and oxygen atoms in total. The summed E-state index contributed by atoms with van der Waals surface area (Å²) in [4.78, 5) is 11.5. The Kier molecular flexibility index (Phi) is 38.4. The average Bonchev–Trinajstić information content (AvgIpc) is 3.03. The van der Waals surface area contributed by atoms with Crippen molar-refractivity contribution in [3.63, 3.8) is 0 Å². The molecule has 0 amide bonds. The molecule has 45 heavy (non-hydrogen) atoms. The maximum atomic E-state index is 11.5. The molecule has 0 saturated heterocycles. The van der Waals surface area contributed by atoms with Gasteiger partial charge in [0.05, 0.1) is 145 Å². The van der Waals surface area contributed by atoms with Crippen LogP contribution in [0.3, 0.4) is 0 Å². The van der Waals surface area contributed by atoms with Crippen molar-refractivity contribution in [1.29, 1.82) is 0 Å². The molecule has 270 valence electrons. The number of esters is 1. The van der Waals surface area contributed by atoms with Gasteiger partial charge in [-0.15, -0.1) is 0 Å². The van der Waals surface area contributed by atoms with Gasteiger partial charge in [0.15, 0.2) is 0 Å². The van der Waals surface area contributed by atoms with Gasteiger partial charge in [0.25, 0.3) is 0 Å². The molecule has 0 fully saturated rings. The Balaban J connectivity index is 3.08. The number of unbranched alkanes of at least 4 members (excludes halogenated alkanes) is 3. The fraction of sp³-hybridized carbons (Fsp3) is 0.969. The van der Waals surface area contributed by atoms with Crippen molar-refractivity contribution in [3.05, 3.63) is 0 Å². The molecule has 0 spiro atoms. The van der Waals surface area contributed by atoms with E-state index >= 15 is 0 Å². The lowest BCUT2D eigenvalue weighted by atomic mass is 10.2. The summed E-state index contributed by atoms with van der Waals surface area (Å²) in [5, 5.41) is 0. The van der Waals surface area contributed by atoms with Crippen LogP contribution in [-0.4, -0.2) is 157 Å². The van der Waals surface area contributed by atoms with Crippen LogP contribution in [0.15, 0.2) is 0 Å². The fourth-order valence-electron chi connectivity index (χ4n) is 3.41. The van der Waals surface area contributed by atoms with Crippen LogP contribution in [0.4, 0.5) is 0 Å². The Labute approximate surface area is 272 Å². The second-order valence-electron chi connectivity index (χ2n) is 10.1. The minimum Gasteiger partial charge on any atom is -0.463 e. The largest absolute Gasteiger partial charge is 0.463 e. The Morgan fingerprint density at radius 2 is 0.689 bits per heavy atom. The second kappa shape index (κ2) is 39.2.